The van der Waals surface area contributed by atoms with Crippen molar-refractivity contribution in [1.82, 2.24) is 14.9 Å². The normalized spacial score (nSPS) is 12.7. The molecular weight excluding hydrogens is 270 g/mol. The molecule has 2 aromatic rings. The molecule has 1 atom stereocenters. The molecule has 0 aliphatic rings. The van der Waals surface area contributed by atoms with Crippen LogP contribution in [0.4, 0.5) is 0 Å². The van der Waals surface area contributed by atoms with E-state index >= 15 is 0 Å². The van der Waals surface area contributed by atoms with Gasteiger partial charge in [0.2, 0.25) is 5.88 Å². The fourth-order valence-corrected chi connectivity index (χ4v) is 3.10. The molecule has 5 heteroatoms. The minimum absolute atomic E-state index is 0.294. The van der Waals surface area contributed by atoms with Crippen LogP contribution in [0.1, 0.15) is 34.1 Å². The van der Waals surface area contributed by atoms with Crippen molar-refractivity contribution in [2.45, 2.75) is 33.4 Å². The van der Waals surface area contributed by atoms with E-state index in [2.05, 4.69) is 42.7 Å². The quantitative estimate of drug-likeness (QED) is 0.846. The Morgan fingerprint density at radius 2 is 2.10 bits per heavy atom. The molecule has 0 unspecified atom stereocenters. The predicted molar refractivity (Wildman–Crippen MR) is 82.3 cm³/mol. The number of pyridine rings is 1. The summed E-state index contributed by atoms with van der Waals surface area (Å²) in [5, 5.41) is 1.13. The molecule has 108 valence electrons. The summed E-state index contributed by atoms with van der Waals surface area (Å²) >= 11 is 1.76. The topological polar surface area (TPSA) is 38.2 Å². The number of hydrogen-bond donors (Lipinski definition) is 0. The van der Waals surface area contributed by atoms with Crippen LogP contribution in [-0.4, -0.2) is 29.0 Å². The number of methoxy groups -OCH3 is 1. The van der Waals surface area contributed by atoms with Crippen molar-refractivity contribution in [3.8, 4) is 5.88 Å². The Kier molecular flexibility index (Phi) is 4.73. The Morgan fingerprint density at radius 3 is 2.60 bits per heavy atom. The van der Waals surface area contributed by atoms with Crippen molar-refractivity contribution in [2.75, 3.05) is 14.2 Å². The third kappa shape index (κ3) is 3.35. The van der Waals surface area contributed by atoms with Crippen LogP contribution in [0.5, 0.6) is 5.88 Å². The highest BCUT2D eigenvalue weighted by molar-refractivity contribution is 7.11. The highest BCUT2D eigenvalue weighted by atomic mass is 32.1. The summed E-state index contributed by atoms with van der Waals surface area (Å²) in [7, 11) is 3.74. The number of aryl methyl sites for hydroxylation is 2. The number of hydrogen-bond acceptors (Lipinski definition) is 5. The minimum Gasteiger partial charge on any atom is -0.481 e. The van der Waals surface area contributed by atoms with Gasteiger partial charge in [0.05, 0.1) is 23.9 Å². The second kappa shape index (κ2) is 6.33. The van der Waals surface area contributed by atoms with Crippen LogP contribution in [0.15, 0.2) is 18.3 Å². The van der Waals surface area contributed by atoms with E-state index in [1.165, 1.54) is 16.1 Å². The van der Waals surface area contributed by atoms with Crippen molar-refractivity contribution in [1.29, 1.82) is 0 Å². The molecule has 0 fully saturated rings. The summed E-state index contributed by atoms with van der Waals surface area (Å²) < 4.78 is 5.08. The molecule has 0 amide bonds. The molecule has 2 aromatic heterocycles. The molecule has 4 nitrogen and oxygen atoms in total. The van der Waals surface area contributed by atoms with Gasteiger partial charge in [-0.05, 0) is 33.4 Å². The average Bonchev–Trinajstić information content (AvgIpc) is 2.77. The molecule has 0 bridgehead atoms. The van der Waals surface area contributed by atoms with E-state index < -0.39 is 0 Å². The van der Waals surface area contributed by atoms with Crippen LogP contribution < -0.4 is 4.74 Å². The average molecular weight is 291 g/mol. The first-order chi connectivity index (χ1) is 9.51. The Labute approximate surface area is 124 Å². The molecule has 2 heterocycles. The first-order valence-electron chi connectivity index (χ1n) is 6.64. The number of nitrogens with zero attached hydrogens (tertiary/aromatic N) is 3. The molecule has 0 aromatic carbocycles. The number of aromatic nitrogens is 2. The van der Waals surface area contributed by atoms with E-state index in [4.69, 9.17) is 4.74 Å². The van der Waals surface area contributed by atoms with E-state index in [9.17, 15) is 0 Å². The fourth-order valence-electron chi connectivity index (χ4n) is 2.19. The molecule has 0 aliphatic heterocycles. The SMILES string of the molecule is COc1ccc(CN(C)[C@H](C)c2nc(C)sc2C)cn1. The summed E-state index contributed by atoms with van der Waals surface area (Å²) in [6, 6.07) is 4.24. The number of ether oxygens (including phenoxy) is 1. The van der Waals surface area contributed by atoms with E-state index in [1.54, 1.807) is 18.4 Å². The van der Waals surface area contributed by atoms with Gasteiger partial charge < -0.3 is 4.74 Å². The molecule has 20 heavy (non-hydrogen) atoms. The smallest absolute Gasteiger partial charge is 0.212 e. The molecule has 0 saturated carbocycles. The second-order valence-electron chi connectivity index (χ2n) is 4.97. The van der Waals surface area contributed by atoms with Crippen molar-refractivity contribution >= 4 is 11.3 Å². The van der Waals surface area contributed by atoms with Crippen molar-refractivity contribution in [3.05, 3.63) is 39.5 Å². The van der Waals surface area contributed by atoms with Crippen LogP contribution >= 0.6 is 11.3 Å². The van der Waals surface area contributed by atoms with Gasteiger partial charge in [0.25, 0.3) is 0 Å². The molecule has 0 aliphatic carbocycles. The Hall–Kier alpha value is -1.46. The summed E-state index contributed by atoms with van der Waals surface area (Å²) in [6.07, 6.45) is 1.86. The van der Waals surface area contributed by atoms with Gasteiger partial charge in [0.15, 0.2) is 0 Å². The largest absolute Gasteiger partial charge is 0.481 e. The molecular formula is C15H21N3OS. The van der Waals surface area contributed by atoms with Crippen LogP contribution in [0.3, 0.4) is 0 Å². The van der Waals surface area contributed by atoms with Crippen molar-refractivity contribution in [3.63, 3.8) is 0 Å². The fraction of sp³-hybridized carbons (Fsp3) is 0.467. The number of thiazole rings is 1. The second-order valence-corrected chi connectivity index (χ2v) is 6.38. The predicted octanol–water partition coefficient (Wildman–Crippen LogP) is 3.36. The van der Waals surface area contributed by atoms with Gasteiger partial charge in [-0.15, -0.1) is 11.3 Å². The number of rotatable bonds is 5. The van der Waals surface area contributed by atoms with Crippen LogP contribution in [0, 0.1) is 13.8 Å². The van der Waals surface area contributed by atoms with E-state index in [0.717, 1.165) is 11.6 Å². The summed E-state index contributed by atoms with van der Waals surface area (Å²) in [4.78, 5) is 12.5. The lowest BCUT2D eigenvalue weighted by atomic mass is 10.1. The van der Waals surface area contributed by atoms with Gasteiger partial charge >= 0.3 is 0 Å². The maximum atomic E-state index is 5.08. The van der Waals surface area contributed by atoms with Gasteiger partial charge in [-0.2, -0.15) is 0 Å². The molecule has 0 saturated heterocycles. The lowest BCUT2D eigenvalue weighted by molar-refractivity contribution is 0.248. The Morgan fingerprint density at radius 1 is 1.35 bits per heavy atom. The van der Waals surface area contributed by atoms with Crippen LogP contribution in [0.2, 0.25) is 0 Å². The Bertz CT molecular complexity index is 565. The zero-order chi connectivity index (χ0) is 14.7. The van der Waals surface area contributed by atoms with Crippen LogP contribution in [-0.2, 0) is 6.54 Å². The van der Waals surface area contributed by atoms with E-state index in [-0.39, 0.29) is 0 Å². The summed E-state index contributed by atoms with van der Waals surface area (Å²) in [6.45, 7) is 7.23. The standard InChI is InChI=1S/C15H21N3OS/c1-10(15-11(2)20-12(3)17-15)18(4)9-13-6-7-14(19-5)16-8-13/h6-8,10H,9H2,1-5H3/t10-/m1/s1. The van der Waals surface area contributed by atoms with Gasteiger partial charge in [-0.1, -0.05) is 6.07 Å². The summed E-state index contributed by atoms with van der Waals surface area (Å²) in [5.74, 6) is 0.649. The molecule has 0 spiro atoms. The maximum absolute atomic E-state index is 5.08. The van der Waals surface area contributed by atoms with Gasteiger partial charge in [-0.3, -0.25) is 4.90 Å². The molecule has 0 radical (unpaired) electrons. The minimum atomic E-state index is 0.294. The van der Waals surface area contributed by atoms with E-state index in [1.807, 2.05) is 18.3 Å². The van der Waals surface area contributed by atoms with Crippen molar-refractivity contribution < 1.29 is 4.74 Å². The monoisotopic (exact) mass is 291 g/mol. The van der Waals surface area contributed by atoms with Crippen LogP contribution in [0.25, 0.3) is 0 Å². The first-order valence-corrected chi connectivity index (χ1v) is 7.46. The zero-order valence-electron chi connectivity index (χ0n) is 12.7. The lowest BCUT2D eigenvalue weighted by Crippen LogP contribution is -2.22. The van der Waals surface area contributed by atoms with Crippen molar-refractivity contribution in [2.24, 2.45) is 0 Å². The first kappa shape index (κ1) is 14.9. The maximum Gasteiger partial charge on any atom is 0.212 e. The van der Waals surface area contributed by atoms with Gasteiger partial charge in [0.1, 0.15) is 0 Å². The summed E-state index contributed by atoms with van der Waals surface area (Å²) in [5.41, 5.74) is 2.35. The van der Waals surface area contributed by atoms with Gasteiger partial charge in [-0.25, -0.2) is 9.97 Å². The molecule has 0 N–H and O–H groups in total. The Balaban J connectivity index is 2.06. The van der Waals surface area contributed by atoms with Gasteiger partial charge in [0, 0.05) is 23.7 Å². The molecule has 2 rings (SSSR count). The third-order valence-corrected chi connectivity index (χ3v) is 4.34. The lowest BCUT2D eigenvalue weighted by Gasteiger charge is -2.24. The van der Waals surface area contributed by atoms with E-state index in [0.29, 0.717) is 11.9 Å². The highest BCUT2D eigenvalue weighted by Crippen LogP contribution is 2.26. The highest BCUT2D eigenvalue weighted by Gasteiger charge is 2.17. The third-order valence-electron chi connectivity index (χ3n) is 3.44. The zero-order valence-corrected chi connectivity index (χ0v) is 13.5.